The number of hydrogen-bond donors (Lipinski definition) is 2. The number of hydrogen-bond acceptors (Lipinski definition) is 4. The lowest BCUT2D eigenvalue weighted by molar-refractivity contribution is -0.134. The predicted molar refractivity (Wildman–Crippen MR) is 96.2 cm³/mol. The molecule has 0 aliphatic carbocycles. The van der Waals surface area contributed by atoms with Gasteiger partial charge in [0.25, 0.3) is 0 Å². The van der Waals surface area contributed by atoms with E-state index in [0.717, 1.165) is 36.7 Å². The summed E-state index contributed by atoms with van der Waals surface area (Å²) >= 11 is 6.28. The van der Waals surface area contributed by atoms with E-state index >= 15 is 0 Å². The number of ether oxygens (including phenoxy) is 1. The number of halogens is 1. The number of fused-ring (bicyclic) bond motifs is 1. The zero-order valence-corrected chi connectivity index (χ0v) is 15.0. The maximum Gasteiger partial charge on any atom is 0.328 e. The lowest BCUT2D eigenvalue weighted by Gasteiger charge is -2.12. The van der Waals surface area contributed by atoms with Crippen LogP contribution in [0.4, 0.5) is 0 Å². The SMILES string of the molecule is CC=COc1ccc(Cl)c2c1CCN(C)CC2.O=C(O)C=CC(=O)O. The van der Waals surface area contributed by atoms with Crippen molar-refractivity contribution in [3.8, 4) is 5.75 Å². The van der Waals surface area contributed by atoms with Crippen molar-refractivity contribution in [2.75, 3.05) is 20.1 Å². The highest BCUT2D eigenvalue weighted by atomic mass is 35.5. The smallest absolute Gasteiger partial charge is 0.328 e. The molecule has 2 rings (SSSR count). The number of nitrogens with zero attached hydrogens (tertiary/aromatic N) is 1. The Kier molecular flexibility index (Phi) is 8.74. The number of carboxylic acid groups (broad SMARTS) is 2. The summed E-state index contributed by atoms with van der Waals surface area (Å²) in [6, 6.07) is 3.90. The Labute approximate surface area is 152 Å². The monoisotopic (exact) mass is 367 g/mol. The molecule has 0 spiro atoms. The molecule has 0 unspecified atom stereocenters. The van der Waals surface area contributed by atoms with E-state index in [1.54, 1.807) is 6.26 Å². The van der Waals surface area contributed by atoms with E-state index in [2.05, 4.69) is 11.9 Å². The third-order valence-corrected chi connectivity index (χ3v) is 3.87. The van der Waals surface area contributed by atoms with Gasteiger partial charge in [-0.3, -0.25) is 0 Å². The first-order chi connectivity index (χ1) is 11.8. The van der Waals surface area contributed by atoms with Gasteiger partial charge in [-0.1, -0.05) is 17.7 Å². The van der Waals surface area contributed by atoms with Crippen molar-refractivity contribution >= 4 is 23.5 Å². The van der Waals surface area contributed by atoms with Crippen molar-refractivity contribution in [2.24, 2.45) is 0 Å². The molecule has 0 saturated carbocycles. The van der Waals surface area contributed by atoms with Crippen molar-refractivity contribution in [1.82, 2.24) is 4.90 Å². The van der Waals surface area contributed by atoms with Crippen molar-refractivity contribution in [3.63, 3.8) is 0 Å². The molecule has 1 heterocycles. The van der Waals surface area contributed by atoms with Crippen molar-refractivity contribution in [3.05, 3.63) is 52.8 Å². The molecule has 6 nitrogen and oxygen atoms in total. The van der Waals surface area contributed by atoms with Crippen LogP contribution in [-0.2, 0) is 22.4 Å². The number of carbonyl (C=O) groups is 2. The summed E-state index contributed by atoms with van der Waals surface area (Å²) in [5.74, 6) is -1.57. The lowest BCUT2D eigenvalue weighted by atomic mass is 10.0. The fourth-order valence-corrected chi connectivity index (χ4v) is 2.57. The molecule has 0 radical (unpaired) electrons. The molecular weight excluding hydrogens is 346 g/mol. The number of likely N-dealkylation sites (N-methyl/N-ethyl adjacent to an activating group) is 1. The van der Waals surface area contributed by atoms with E-state index in [1.165, 1.54) is 11.1 Å². The van der Waals surface area contributed by atoms with Crippen molar-refractivity contribution in [2.45, 2.75) is 19.8 Å². The summed E-state index contributed by atoms with van der Waals surface area (Å²) in [5.41, 5.74) is 2.51. The van der Waals surface area contributed by atoms with Crippen LogP contribution in [0, 0.1) is 0 Å². The highest BCUT2D eigenvalue weighted by Gasteiger charge is 2.17. The molecule has 0 atom stereocenters. The van der Waals surface area contributed by atoms with E-state index in [1.807, 2.05) is 25.1 Å². The van der Waals surface area contributed by atoms with Gasteiger partial charge in [-0.2, -0.15) is 0 Å². The largest absolute Gasteiger partial charge is 0.478 e. The zero-order valence-electron chi connectivity index (χ0n) is 14.2. The van der Waals surface area contributed by atoms with E-state index in [0.29, 0.717) is 12.2 Å². The highest BCUT2D eigenvalue weighted by Crippen LogP contribution is 2.31. The Balaban J connectivity index is 0.000000333. The van der Waals surface area contributed by atoms with Gasteiger partial charge in [0.2, 0.25) is 0 Å². The van der Waals surface area contributed by atoms with Crippen LogP contribution in [0.25, 0.3) is 0 Å². The molecule has 0 bridgehead atoms. The molecule has 25 heavy (non-hydrogen) atoms. The molecule has 136 valence electrons. The minimum atomic E-state index is -1.26. The molecule has 0 fully saturated rings. The molecule has 1 aliphatic rings. The Morgan fingerprint density at radius 1 is 1.12 bits per heavy atom. The van der Waals surface area contributed by atoms with Gasteiger partial charge in [0, 0.05) is 35.8 Å². The molecule has 1 aliphatic heterocycles. The van der Waals surface area contributed by atoms with Crippen LogP contribution < -0.4 is 4.74 Å². The van der Waals surface area contributed by atoms with Gasteiger partial charge in [0.15, 0.2) is 0 Å². The van der Waals surface area contributed by atoms with Crippen molar-refractivity contribution < 1.29 is 24.5 Å². The third kappa shape index (κ3) is 7.41. The van der Waals surface area contributed by atoms with Gasteiger partial charge in [0.05, 0.1) is 6.26 Å². The van der Waals surface area contributed by atoms with Gasteiger partial charge in [-0.15, -0.1) is 0 Å². The third-order valence-electron chi connectivity index (χ3n) is 3.52. The Bertz CT molecular complexity index is 654. The molecule has 0 amide bonds. The van der Waals surface area contributed by atoms with Crippen LogP contribution in [0.3, 0.4) is 0 Å². The second-order valence-electron chi connectivity index (χ2n) is 5.40. The average Bonchev–Trinajstić information content (AvgIpc) is 2.76. The van der Waals surface area contributed by atoms with E-state index in [9.17, 15) is 9.59 Å². The first-order valence-corrected chi connectivity index (χ1v) is 8.13. The fourth-order valence-electron chi connectivity index (χ4n) is 2.30. The second kappa shape index (κ2) is 10.5. The Morgan fingerprint density at radius 2 is 1.68 bits per heavy atom. The predicted octanol–water partition coefficient (Wildman–Crippen LogP) is 2.99. The number of benzene rings is 1. The van der Waals surface area contributed by atoms with Crippen LogP contribution in [0.15, 0.2) is 36.6 Å². The molecule has 0 aromatic heterocycles. The summed E-state index contributed by atoms with van der Waals surface area (Å²) in [6.07, 6.45) is 6.73. The minimum Gasteiger partial charge on any atom is -0.478 e. The van der Waals surface area contributed by atoms with Crippen LogP contribution in [0.2, 0.25) is 5.02 Å². The summed E-state index contributed by atoms with van der Waals surface area (Å²) in [4.78, 5) is 21.4. The van der Waals surface area contributed by atoms with Crippen LogP contribution in [0.1, 0.15) is 18.1 Å². The Hall–Kier alpha value is -2.31. The normalized spacial score (nSPS) is 14.5. The number of carboxylic acids is 2. The Morgan fingerprint density at radius 3 is 2.20 bits per heavy atom. The molecule has 0 saturated heterocycles. The zero-order chi connectivity index (χ0) is 18.8. The van der Waals surface area contributed by atoms with Gasteiger partial charge >= 0.3 is 11.9 Å². The first-order valence-electron chi connectivity index (χ1n) is 7.75. The second-order valence-corrected chi connectivity index (χ2v) is 5.81. The summed E-state index contributed by atoms with van der Waals surface area (Å²) in [6.45, 7) is 4.06. The van der Waals surface area contributed by atoms with E-state index < -0.39 is 11.9 Å². The lowest BCUT2D eigenvalue weighted by Crippen LogP contribution is -2.20. The summed E-state index contributed by atoms with van der Waals surface area (Å²) in [7, 11) is 2.15. The topological polar surface area (TPSA) is 87.1 Å². The maximum atomic E-state index is 9.55. The molecule has 2 N–H and O–H groups in total. The van der Waals surface area contributed by atoms with E-state index in [-0.39, 0.29) is 0 Å². The number of allylic oxidation sites excluding steroid dienone is 1. The first kappa shape index (κ1) is 20.7. The molecule has 1 aromatic rings. The van der Waals surface area contributed by atoms with E-state index in [4.69, 9.17) is 26.6 Å². The quantitative estimate of drug-likeness (QED) is 0.628. The van der Waals surface area contributed by atoms with Gasteiger partial charge in [-0.25, -0.2) is 9.59 Å². The summed E-state index contributed by atoms with van der Waals surface area (Å²) < 4.78 is 5.64. The fraction of sp³-hybridized carbons (Fsp3) is 0.333. The van der Waals surface area contributed by atoms with Crippen LogP contribution in [0.5, 0.6) is 5.75 Å². The highest BCUT2D eigenvalue weighted by molar-refractivity contribution is 6.31. The molecule has 1 aromatic carbocycles. The number of aliphatic carboxylic acids is 2. The van der Waals surface area contributed by atoms with Crippen molar-refractivity contribution in [1.29, 1.82) is 0 Å². The maximum absolute atomic E-state index is 9.55. The standard InChI is InChI=1S/C14H18ClNO.C4H4O4/c1-3-10-17-14-5-4-13(15)11-6-8-16(2)9-7-12(11)14;5-3(6)1-2-4(7)8/h3-5,10H,6-9H2,1-2H3;1-2H,(H,5,6)(H,7,8). The van der Waals surface area contributed by atoms with Crippen LogP contribution >= 0.6 is 11.6 Å². The summed E-state index contributed by atoms with van der Waals surface area (Å²) in [5, 5.41) is 16.5. The van der Waals surface area contributed by atoms with Gasteiger partial charge < -0.3 is 19.8 Å². The molecular formula is C18H22ClNO5. The average molecular weight is 368 g/mol. The minimum absolute atomic E-state index is 0.558. The van der Waals surface area contributed by atoms with Crippen LogP contribution in [-0.4, -0.2) is 47.2 Å². The molecule has 7 heteroatoms. The number of rotatable bonds is 4. The van der Waals surface area contributed by atoms with Gasteiger partial charge in [0.1, 0.15) is 5.75 Å². The van der Waals surface area contributed by atoms with Gasteiger partial charge in [-0.05, 0) is 44.5 Å².